The molecular weight excluding hydrogens is 369 g/mol. The third kappa shape index (κ3) is 3.59. The molecule has 0 N–H and O–H groups in total. The summed E-state index contributed by atoms with van der Waals surface area (Å²) in [5.41, 5.74) is -0.505. The number of aromatic nitrogens is 2. The zero-order valence-electron chi connectivity index (χ0n) is 13.9. The van der Waals surface area contributed by atoms with Crippen molar-refractivity contribution in [2.45, 2.75) is 41.7 Å². The van der Waals surface area contributed by atoms with Crippen molar-refractivity contribution in [3.05, 3.63) is 42.2 Å². The highest BCUT2D eigenvalue weighted by Gasteiger charge is 2.42. The maximum atomic E-state index is 13.6. The largest absolute Gasteiger partial charge is 0.417 e. The average Bonchev–Trinajstić information content (AvgIpc) is 3.11. The number of nitrogens with zero attached hydrogens (tertiary/aromatic N) is 2. The van der Waals surface area contributed by atoms with Crippen LogP contribution in [0, 0.1) is 0 Å². The van der Waals surface area contributed by atoms with Gasteiger partial charge in [-0.25, -0.2) is 8.42 Å². The molecule has 1 fully saturated rings. The summed E-state index contributed by atoms with van der Waals surface area (Å²) in [5.74, 6) is 0. The molecule has 1 aromatic carbocycles. The van der Waals surface area contributed by atoms with Gasteiger partial charge in [-0.1, -0.05) is 6.07 Å². The van der Waals surface area contributed by atoms with Crippen molar-refractivity contribution in [2.75, 3.05) is 7.11 Å². The molecule has 26 heavy (non-hydrogen) atoms. The maximum absolute atomic E-state index is 13.6. The molecule has 9 heteroatoms. The normalized spacial score (nSPS) is 21.1. The van der Waals surface area contributed by atoms with Gasteiger partial charge in [-0.05, 0) is 43.0 Å². The van der Waals surface area contributed by atoms with Crippen LogP contribution in [0.4, 0.5) is 13.2 Å². The van der Waals surface area contributed by atoms with Crippen LogP contribution < -0.4 is 0 Å². The number of methoxy groups -OCH3 is 1. The van der Waals surface area contributed by atoms with Gasteiger partial charge < -0.3 is 4.74 Å². The predicted octanol–water partition coefficient (Wildman–Crippen LogP) is 3.50. The average molecular weight is 386 g/mol. The van der Waals surface area contributed by atoms with Crippen LogP contribution >= 0.6 is 0 Å². The quantitative estimate of drug-likeness (QED) is 0.804. The molecule has 1 saturated carbocycles. The van der Waals surface area contributed by atoms with Gasteiger partial charge in [0.25, 0.3) is 0 Å². The fraction of sp³-hybridized carbons (Fsp3) is 0.412. The first-order chi connectivity index (χ1) is 12.2. The minimum absolute atomic E-state index is 0.201. The summed E-state index contributed by atoms with van der Waals surface area (Å²) in [4.78, 5) is -0.683. The molecule has 0 bridgehead atoms. The molecule has 0 saturated heterocycles. The van der Waals surface area contributed by atoms with Gasteiger partial charge in [0.1, 0.15) is 0 Å². The van der Waals surface area contributed by atoms with E-state index in [9.17, 15) is 21.6 Å². The minimum Gasteiger partial charge on any atom is -0.381 e. The van der Waals surface area contributed by atoms with E-state index in [0.29, 0.717) is 12.0 Å². The number of sulfone groups is 1. The standard InChI is InChI=1S/C17H17F3N2O3S/c1-25-13-3-4-14(9-13)26(23,24)16-5-2-11(8-15(16)17(18,19)20)12-6-7-21-22-10-12/h2,5-8,10,13-14H,3-4,9H2,1H3. The van der Waals surface area contributed by atoms with E-state index < -0.39 is 31.7 Å². The van der Waals surface area contributed by atoms with Gasteiger partial charge >= 0.3 is 6.18 Å². The summed E-state index contributed by atoms with van der Waals surface area (Å²) in [6, 6.07) is 4.76. The first kappa shape index (κ1) is 18.8. The summed E-state index contributed by atoms with van der Waals surface area (Å²) in [6.07, 6.45) is -1.35. The summed E-state index contributed by atoms with van der Waals surface area (Å²) in [6.45, 7) is 0. The highest BCUT2D eigenvalue weighted by molar-refractivity contribution is 7.92. The Labute approximate surface area is 149 Å². The lowest BCUT2D eigenvalue weighted by Crippen LogP contribution is -2.23. The molecule has 1 aromatic heterocycles. The zero-order valence-corrected chi connectivity index (χ0v) is 14.7. The molecule has 1 aliphatic rings. The molecule has 0 spiro atoms. The van der Waals surface area contributed by atoms with Crippen molar-refractivity contribution in [3.8, 4) is 11.1 Å². The second kappa shape index (κ2) is 6.96. The van der Waals surface area contributed by atoms with Crippen molar-refractivity contribution in [2.24, 2.45) is 0 Å². The Kier molecular flexibility index (Phi) is 5.03. The van der Waals surface area contributed by atoms with Gasteiger partial charge in [0, 0.05) is 12.7 Å². The molecule has 3 rings (SSSR count). The Bertz CT molecular complexity index is 886. The van der Waals surface area contributed by atoms with Crippen molar-refractivity contribution in [3.63, 3.8) is 0 Å². The second-order valence-electron chi connectivity index (χ2n) is 6.18. The van der Waals surface area contributed by atoms with Crippen LogP contribution in [-0.4, -0.2) is 37.1 Å². The van der Waals surface area contributed by atoms with Crippen LogP contribution in [0.25, 0.3) is 11.1 Å². The molecule has 2 atom stereocenters. The molecule has 140 valence electrons. The van der Waals surface area contributed by atoms with Crippen LogP contribution in [0.1, 0.15) is 24.8 Å². The molecule has 2 unspecified atom stereocenters. The molecule has 0 radical (unpaired) electrons. The van der Waals surface area contributed by atoms with E-state index in [0.717, 1.165) is 12.1 Å². The number of alkyl halides is 3. The number of benzene rings is 1. The Morgan fingerprint density at radius 1 is 1.12 bits per heavy atom. The van der Waals surface area contributed by atoms with Crippen molar-refractivity contribution >= 4 is 9.84 Å². The number of hydrogen-bond donors (Lipinski definition) is 0. The second-order valence-corrected chi connectivity index (χ2v) is 8.37. The van der Waals surface area contributed by atoms with Crippen LogP contribution in [0.5, 0.6) is 0 Å². The third-order valence-electron chi connectivity index (χ3n) is 4.62. The zero-order chi connectivity index (χ0) is 18.9. The molecule has 1 aliphatic carbocycles. The summed E-state index contributed by atoms with van der Waals surface area (Å²) >= 11 is 0. The van der Waals surface area contributed by atoms with E-state index in [-0.39, 0.29) is 24.5 Å². The van der Waals surface area contributed by atoms with E-state index in [1.165, 1.54) is 31.6 Å². The lowest BCUT2D eigenvalue weighted by Gasteiger charge is -2.18. The molecule has 5 nitrogen and oxygen atoms in total. The highest BCUT2D eigenvalue weighted by Crippen LogP contribution is 2.40. The van der Waals surface area contributed by atoms with Gasteiger partial charge in [-0.15, -0.1) is 0 Å². The monoisotopic (exact) mass is 386 g/mol. The lowest BCUT2D eigenvalue weighted by atomic mass is 10.0. The number of ether oxygens (including phenoxy) is 1. The SMILES string of the molecule is COC1CCC(S(=O)(=O)c2ccc(-c3ccnnc3)cc2C(F)(F)F)C1. The fourth-order valence-electron chi connectivity index (χ4n) is 3.22. The Morgan fingerprint density at radius 3 is 2.46 bits per heavy atom. The maximum Gasteiger partial charge on any atom is 0.417 e. The van der Waals surface area contributed by atoms with Crippen molar-refractivity contribution in [1.82, 2.24) is 10.2 Å². The van der Waals surface area contributed by atoms with Crippen molar-refractivity contribution < 1.29 is 26.3 Å². The Hall–Kier alpha value is -2.00. The smallest absolute Gasteiger partial charge is 0.381 e. The topological polar surface area (TPSA) is 69.2 Å². The lowest BCUT2D eigenvalue weighted by molar-refractivity contribution is -0.139. The van der Waals surface area contributed by atoms with Crippen LogP contribution in [0.15, 0.2) is 41.6 Å². The van der Waals surface area contributed by atoms with Gasteiger partial charge in [0.05, 0.1) is 34.2 Å². The van der Waals surface area contributed by atoms with Gasteiger partial charge in [-0.3, -0.25) is 0 Å². The first-order valence-corrected chi connectivity index (χ1v) is 9.53. The predicted molar refractivity (Wildman–Crippen MR) is 88.1 cm³/mol. The van der Waals surface area contributed by atoms with E-state index in [1.54, 1.807) is 0 Å². The van der Waals surface area contributed by atoms with Crippen molar-refractivity contribution in [1.29, 1.82) is 0 Å². The molecular formula is C17H17F3N2O3S. The van der Waals surface area contributed by atoms with Gasteiger partial charge in [-0.2, -0.15) is 23.4 Å². The van der Waals surface area contributed by atoms with E-state index >= 15 is 0 Å². The summed E-state index contributed by atoms with van der Waals surface area (Å²) in [7, 11) is -2.65. The minimum atomic E-state index is -4.79. The molecule has 0 aliphatic heterocycles. The van der Waals surface area contributed by atoms with E-state index in [4.69, 9.17) is 4.74 Å². The Balaban J connectivity index is 2.07. The highest BCUT2D eigenvalue weighted by atomic mass is 32.2. The number of halogens is 3. The first-order valence-electron chi connectivity index (χ1n) is 7.98. The molecule has 0 amide bonds. The van der Waals surface area contributed by atoms with E-state index in [2.05, 4.69) is 10.2 Å². The fourth-order valence-corrected chi connectivity index (χ4v) is 5.23. The summed E-state index contributed by atoms with van der Waals surface area (Å²) < 4.78 is 71.6. The van der Waals surface area contributed by atoms with Crippen LogP contribution in [-0.2, 0) is 20.8 Å². The summed E-state index contributed by atoms with van der Waals surface area (Å²) in [5, 5.41) is 6.35. The number of rotatable bonds is 4. The van der Waals surface area contributed by atoms with Gasteiger partial charge in [0.15, 0.2) is 9.84 Å². The van der Waals surface area contributed by atoms with E-state index in [1.807, 2.05) is 0 Å². The molecule has 2 aromatic rings. The number of hydrogen-bond acceptors (Lipinski definition) is 5. The van der Waals surface area contributed by atoms with Crippen LogP contribution in [0.2, 0.25) is 0 Å². The third-order valence-corrected chi connectivity index (χ3v) is 6.89. The van der Waals surface area contributed by atoms with Gasteiger partial charge in [0.2, 0.25) is 0 Å². The molecule has 1 heterocycles. The van der Waals surface area contributed by atoms with Crippen LogP contribution in [0.3, 0.4) is 0 Å². The Morgan fingerprint density at radius 2 is 1.88 bits per heavy atom.